The molecule has 0 bridgehead atoms. The lowest BCUT2D eigenvalue weighted by molar-refractivity contribution is -0.115. The molecule has 0 aliphatic heterocycles. The Hall–Kier alpha value is -1.81. The molecule has 2 aromatic rings. The zero-order chi connectivity index (χ0) is 14.0. The molecule has 4 nitrogen and oxygen atoms in total. The fourth-order valence-electron chi connectivity index (χ4n) is 1.92. The van der Waals surface area contributed by atoms with E-state index in [1.54, 1.807) is 13.0 Å². The van der Waals surface area contributed by atoms with Crippen LogP contribution in [0.1, 0.15) is 22.6 Å². The van der Waals surface area contributed by atoms with Crippen LogP contribution in [-0.4, -0.2) is 11.1 Å². The number of carbonyl (C=O) groups excluding carboxylic acids is 1. The second-order valence-electron chi connectivity index (χ2n) is 4.59. The van der Waals surface area contributed by atoms with E-state index in [1.165, 1.54) is 0 Å². The van der Waals surface area contributed by atoms with E-state index in [0.717, 1.165) is 11.1 Å². The lowest BCUT2D eigenvalue weighted by Crippen LogP contribution is -2.15. The van der Waals surface area contributed by atoms with Crippen LogP contribution in [-0.2, 0) is 11.2 Å². The molecule has 0 saturated carbocycles. The van der Waals surface area contributed by atoms with Gasteiger partial charge in [-0.15, -0.1) is 0 Å². The fourth-order valence-corrected chi connectivity index (χ4v) is 2.29. The lowest BCUT2D eigenvalue weighted by atomic mass is 10.1. The van der Waals surface area contributed by atoms with Crippen molar-refractivity contribution in [2.75, 3.05) is 5.32 Å². The zero-order valence-electron chi connectivity index (χ0n) is 11.1. The van der Waals surface area contributed by atoms with Gasteiger partial charge < -0.3 is 9.84 Å². The number of nitrogens with zero attached hydrogens (tertiary/aromatic N) is 1. The van der Waals surface area contributed by atoms with Crippen LogP contribution in [0.2, 0.25) is 5.02 Å². The first-order valence-corrected chi connectivity index (χ1v) is 6.32. The summed E-state index contributed by atoms with van der Waals surface area (Å²) in [7, 11) is 0. The van der Waals surface area contributed by atoms with Crippen LogP contribution in [0.4, 0.5) is 5.69 Å². The summed E-state index contributed by atoms with van der Waals surface area (Å²) in [6.45, 7) is 5.66. The molecule has 2 rings (SSSR count). The number of hydrogen-bond acceptors (Lipinski definition) is 3. The van der Waals surface area contributed by atoms with Gasteiger partial charge in [0.05, 0.1) is 22.8 Å². The molecule has 1 N–H and O–H groups in total. The first-order valence-electron chi connectivity index (χ1n) is 5.94. The first kappa shape index (κ1) is 13.6. The monoisotopic (exact) mass is 278 g/mol. The van der Waals surface area contributed by atoms with Crippen LogP contribution in [0.25, 0.3) is 0 Å². The number of anilines is 1. The third-order valence-corrected chi connectivity index (χ3v) is 3.01. The summed E-state index contributed by atoms with van der Waals surface area (Å²) in [5.41, 5.74) is 3.26. The van der Waals surface area contributed by atoms with Gasteiger partial charge in [0.15, 0.2) is 0 Å². The molecule has 0 spiro atoms. The second kappa shape index (κ2) is 5.45. The maximum Gasteiger partial charge on any atom is 0.230 e. The van der Waals surface area contributed by atoms with E-state index in [4.69, 9.17) is 16.1 Å². The summed E-state index contributed by atoms with van der Waals surface area (Å²) in [6.07, 6.45) is 0.168. The van der Waals surface area contributed by atoms with Crippen LogP contribution in [0.3, 0.4) is 0 Å². The number of amides is 1. The number of nitrogens with one attached hydrogen (secondary N) is 1. The van der Waals surface area contributed by atoms with Crippen molar-refractivity contribution in [2.24, 2.45) is 0 Å². The number of rotatable bonds is 3. The number of benzene rings is 1. The van der Waals surface area contributed by atoms with Crippen molar-refractivity contribution >= 4 is 23.2 Å². The molecule has 19 heavy (non-hydrogen) atoms. The molecular weight excluding hydrogens is 264 g/mol. The van der Waals surface area contributed by atoms with Crippen LogP contribution >= 0.6 is 11.6 Å². The van der Waals surface area contributed by atoms with Gasteiger partial charge in [0.1, 0.15) is 5.76 Å². The molecule has 0 unspecified atom stereocenters. The molecular formula is C14H15ClN2O2. The van der Waals surface area contributed by atoms with E-state index >= 15 is 0 Å². The quantitative estimate of drug-likeness (QED) is 0.936. The molecule has 0 saturated heterocycles. The van der Waals surface area contributed by atoms with Crippen molar-refractivity contribution < 1.29 is 9.32 Å². The Kier molecular flexibility index (Phi) is 3.90. The highest BCUT2D eigenvalue weighted by molar-refractivity contribution is 6.34. The lowest BCUT2D eigenvalue weighted by Gasteiger charge is -2.10. The van der Waals surface area contributed by atoms with Crippen molar-refractivity contribution in [3.05, 3.63) is 45.8 Å². The molecule has 0 atom stereocenters. The van der Waals surface area contributed by atoms with E-state index in [2.05, 4.69) is 10.5 Å². The summed E-state index contributed by atoms with van der Waals surface area (Å²) in [6, 6.07) is 5.54. The maximum absolute atomic E-state index is 11.9. The number of hydrogen-bond donors (Lipinski definition) is 1. The smallest absolute Gasteiger partial charge is 0.230 e. The highest BCUT2D eigenvalue weighted by Gasteiger charge is 2.12. The molecule has 0 radical (unpaired) electrons. The molecule has 100 valence electrons. The third-order valence-electron chi connectivity index (χ3n) is 2.71. The molecule has 1 heterocycles. The Balaban J connectivity index is 2.11. The van der Waals surface area contributed by atoms with Gasteiger partial charge in [0, 0.05) is 6.07 Å². The maximum atomic E-state index is 11.9. The minimum absolute atomic E-state index is 0.165. The summed E-state index contributed by atoms with van der Waals surface area (Å²) in [5.74, 6) is 0.523. The Morgan fingerprint density at radius 1 is 1.32 bits per heavy atom. The first-order chi connectivity index (χ1) is 8.95. The molecule has 0 fully saturated rings. The van der Waals surface area contributed by atoms with Crippen molar-refractivity contribution in [3.63, 3.8) is 0 Å². The normalized spacial score (nSPS) is 10.5. The van der Waals surface area contributed by atoms with Gasteiger partial charge in [-0.1, -0.05) is 22.8 Å². The second-order valence-corrected chi connectivity index (χ2v) is 5.00. The van der Waals surface area contributed by atoms with Crippen molar-refractivity contribution in [3.8, 4) is 0 Å². The van der Waals surface area contributed by atoms with Gasteiger partial charge in [-0.05, 0) is 38.0 Å². The Morgan fingerprint density at radius 2 is 2.05 bits per heavy atom. The minimum Gasteiger partial charge on any atom is -0.361 e. The van der Waals surface area contributed by atoms with E-state index < -0.39 is 0 Å². The Labute approximate surface area is 116 Å². The SMILES string of the molecule is Cc1cc(C)c(NC(=O)Cc2cc(C)on2)c(Cl)c1. The average molecular weight is 279 g/mol. The predicted molar refractivity (Wildman–Crippen MR) is 74.5 cm³/mol. The van der Waals surface area contributed by atoms with Crippen molar-refractivity contribution in [1.82, 2.24) is 5.16 Å². The van der Waals surface area contributed by atoms with Gasteiger partial charge in [-0.3, -0.25) is 4.79 Å². The molecule has 5 heteroatoms. The molecule has 0 aliphatic carbocycles. The van der Waals surface area contributed by atoms with E-state index in [9.17, 15) is 4.79 Å². The van der Waals surface area contributed by atoms with Gasteiger partial charge >= 0.3 is 0 Å². The van der Waals surface area contributed by atoms with Gasteiger partial charge in [-0.25, -0.2) is 0 Å². The average Bonchev–Trinajstić information content (AvgIpc) is 2.69. The predicted octanol–water partition coefficient (Wildman–Crippen LogP) is 3.43. The number of aromatic nitrogens is 1. The molecule has 1 amide bonds. The summed E-state index contributed by atoms with van der Waals surface area (Å²) < 4.78 is 4.92. The number of halogens is 1. The van der Waals surface area contributed by atoms with E-state index in [1.807, 2.05) is 26.0 Å². The minimum atomic E-state index is -0.165. The van der Waals surface area contributed by atoms with Crippen LogP contribution in [0, 0.1) is 20.8 Å². The molecule has 1 aromatic heterocycles. The fraction of sp³-hybridized carbons (Fsp3) is 0.286. The highest BCUT2D eigenvalue weighted by Crippen LogP contribution is 2.27. The van der Waals surface area contributed by atoms with Crippen LogP contribution < -0.4 is 5.32 Å². The van der Waals surface area contributed by atoms with Gasteiger partial charge in [0.25, 0.3) is 0 Å². The topological polar surface area (TPSA) is 55.1 Å². The Morgan fingerprint density at radius 3 is 2.63 bits per heavy atom. The van der Waals surface area contributed by atoms with Crippen LogP contribution in [0.15, 0.2) is 22.7 Å². The largest absolute Gasteiger partial charge is 0.361 e. The highest BCUT2D eigenvalue weighted by atomic mass is 35.5. The van der Waals surface area contributed by atoms with Gasteiger partial charge in [-0.2, -0.15) is 0 Å². The van der Waals surface area contributed by atoms with E-state index in [-0.39, 0.29) is 12.3 Å². The summed E-state index contributed by atoms with van der Waals surface area (Å²) in [4.78, 5) is 11.9. The third kappa shape index (κ3) is 3.35. The number of aryl methyl sites for hydroxylation is 3. The van der Waals surface area contributed by atoms with Crippen molar-refractivity contribution in [2.45, 2.75) is 27.2 Å². The number of carbonyl (C=O) groups is 1. The summed E-state index contributed by atoms with van der Waals surface area (Å²) >= 11 is 6.14. The Bertz CT molecular complexity index is 597. The summed E-state index contributed by atoms with van der Waals surface area (Å²) in [5, 5.41) is 7.14. The standard InChI is InChI=1S/C14H15ClN2O2/c1-8-4-9(2)14(12(15)5-8)16-13(18)7-11-6-10(3)19-17-11/h4-6H,7H2,1-3H3,(H,16,18). The zero-order valence-corrected chi connectivity index (χ0v) is 11.8. The van der Waals surface area contributed by atoms with Crippen LogP contribution in [0.5, 0.6) is 0 Å². The molecule has 1 aromatic carbocycles. The van der Waals surface area contributed by atoms with Crippen molar-refractivity contribution in [1.29, 1.82) is 0 Å². The van der Waals surface area contributed by atoms with E-state index in [0.29, 0.717) is 22.2 Å². The molecule has 0 aliphatic rings. The van der Waals surface area contributed by atoms with Gasteiger partial charge in [0.2, 0.25) is 5.91 Å².